The molecule has 0 radical (unpaired) electrons. The number of pyridine rings is 1. The van der Waals surface area contributed by atoms with Crippen molar-refractivity contribution in [2.75, 3.05) is 5.32 Å². The summed E-state index contributed by atoms with van der Waals surface area (Å²) >= 11 is 0. The van der Waals surface area contributed by atoms with Crippen LogP contribution in [0.3, 0.4) is 0 Å². The van der Waals surface area contributed by atoms with Gasteiger partial charge in [-0.25, -0.2) is 14.4 Å². The molecule has 0 saturated heterocycles. The molecule has 0 aliphatic heterocycles. The first kappa shape index (κ1) is 17.4. The zero-order valence-electron chi connectivity index (χ0n) is 15.4. The Morgan fingerprint density at radius 1 is 1.14 bits per heavy atom. The lowest BCUT2D eigenvalue weighted by Gasteiger charge is -2.07. The first-order chi connectivity index (χ1) is 14.2. The van der Waals surface area contributed by atoms with E-state index in [1.807, 2.05) is 12.1 Å². The predicted octanol–water partition coefficient (Wildman–Crippen LogP) is 4.89. The normalized spacial score (nSPS) is 13.4. The second-order valence-electron chi connectivity index (χ2n) is 6.99. The van der Waals surface area contributed by atoms with Crippen LogP contribution in [0.25, 0.3) is 34.1 Å². The summed E-state index contributed by atoms with van der Waals surface area (Å²) in [4.78, 5) is 24.3. The Morgan fingerprint density at radius 2 is 1.97 bits per heavy atom. The number of benzene rings is 1. The van der Waals surface area contributed by atoms with Crippen LogP contribution in [0.15, 0.2) is 65.4 Å². The minimum atomic E-state index is -0.310. The number of hydrogen-bond donors (Lipinski definition) is 2. The fourth-order valence-corrected chi connectivity index (χ4v) is 3.16. The molecule has 1 aliphatic carbocycles. The van der Waals surface area contributed by atoms with Crippen LogP contribution in [-0.4, -0.2) is 20.9 Å². The molecule has 1 amide bonds. The Hall–Kier alpha value is -3.74. The van der Waals surface area contributed by atoms with Crippen LogP contribution < -0.4 is 5.32 Å². The van der Waals surface area contributed by atoms with Gasteiger partial charge in [-0.2, -0.15) is 0 Å². The molecular formula is C22H17FN4O2. The van der Waals surface area contributed by atoms with Gasteiger partial charge in [0.1, 0.15) is 11.6 Å². The van der Waals surface area contributed by atoms with Crippen molar-refractivity contribution >= 4 is 11.7 Å². The summed E-state index contributed by atoms with van der Waals surface area (Å²) in [5.74, 6) is 1.40. The molecule has 0 spiro atoms. The predicted molar refractivity (Wildman–Crippen MR) is 106 cm³/mol. The van der Waals surface area contributed by atoms with Gasteiger partial charge in [-0.3, -0.25) is 4.79 Å². The number of aromatic nitrogens is 3. The van der Waals surface area contributed by atoms with Gasteiger partial charge in [0.05, 0.1) is 17.7 Å². The van der Waals surface area contributed by atoms with Crippen molar-refractivity contribution in [2.45, 2.75) is 12.8 Å². The number of nitrogens with zero attached hydrogens (tertiary/aromatic N) is 2. The summed E-state index contributed by atoms with van der Waals surface area (Å²) in [6.45, 7) is 0. The molecule has 0 atom stereocenters. The van der Waals surface area contributed by atoms with Gasteiger partial charge in [0.25, 0.3) is 0 Å². The van der Waals surface area contributed by atoms with Gasteiger partial charge in [0.15, 0.2) is 11.6 Å². The number of halogens is 1. The summed E-state index contributed by atoms with van der Waals surface area (Å²) in [6.07, 6.45) is 5.05. The van der Waals surface area contributed by atoms with Crippen LogP contribution in [0.5, 0.6) is 0 Å². The van der Waals surface area contributed by atoms with E-state index in [0.29, 0.717) is 23.1 Å². The number of anilines is 1. The van der Waals surface area contributed by atoms with Gasteiger partial charge in [-0.1, -0.05) is 0 Å². The van der Waals surface area contributed by atoms with Crippen molar-refractivity contribution < 1.29 is 13.6 Å². The summed E-state index contributed by atoms with van der Waals surface area (Å²) in [5.41, 5.74) is 2.95. The van der Waals surface area contributed by atoms with Crippen LogP contribution in [0.4, 0.5) is 10.2 Å². The minimum absolute atomic E-state index is 0.00768. The van der Waals surface area contributed by atoms with E-state index < -0.39 is 0 Å². The molecule has 1 aromatic carbocycles. The topological polar surface area (TPSA) is 83.8 Å². The Labute approximate surface area is 165 Å². The lowest BCUT2D eigenvalue weighted by atomic mass is 10.1. The summed E-state index contributed by atoms with van der Waals surface area (Å²) in [7, 11) is 0. The maximum absolute atomic E-state index is 13.4. The van der Waals surface area contributed by atoms with E-state index in [4.69, 9.17) is 9.40 Å². The van der Waals surface area contributed by atoms with Gasteiger partial charge in [-0.05, 0) is 61.4 Å². The highest BCUT2D eigenvalue weighted by Gasteiger charge is 2.30. The number of imidazole rings is 1. The number of hydrogen-bond acceptors (Lipinski definition) is 4. The van der Waals surface area contributed by atoms with Gasteiger partial charge >= 0.3 is 0 Å². The average molecular weight is 388 g/mol. The maximum Gasteiger partial charge on any atom is 0.228 e. The van der Waals surface area contributed by atoms with Crippen molar-refractivity contribution in [3.63, 3.8) is 0 Å². The van der Waals surface area contributed by atoms with Crippen molar-refractivity contribution in [3.8, 4) is 34.1 Å². The molecule has 6 nitrogen and oxygen atoms in total. The van der Waals surface area contributed by atoms with Crippen LogP contribution in [0.2, 0.25) is 0 Å². The van der Waals surface area contributed by atoms with Crippen molar-refractivity contribution in [3.05, 3.63) is 66.8 Å². The van der Waals surface area contributed by atoms with Gasteiger partial charge in [0.2, 0.25) is 5.91 Å². The Bertz CT molecular complexity index is 1160. The molecule has 2 N–H and O–H groups in total. The third-order valence-electron chi connectivity index (χ3n) is 4.82. The van der Waals surface area contributed by atoms with E-state index in [1.54, 1.807) is 36.7 Å². The first-order valence-electron chi connectivity index (χ1n) is 9.34. The number of nitrogens with one attached hydrogen (secondary N) is 2. The van der Waals surface area contributed by atoms with Crippen LogP contribution in [0, 0.1) is 11.7 Å². The van der Waals surface area contributed by atoms with Crippen molar-refractivity contribution in [1.29, 1.82) is 0 Å². The van der Waals surface area contributed by atoms with E-state index in [0.717, 1.165) is 29.7 Å². The summed E-state index contributed by atoms with van der Waals surface area (Å²) in [5, 5.41) is 2.86. The smallest absolute Gasteiger partial charge is 0.228 e. The fraction of sp³-hybridized carbons (Fsp3) is 0.136. The molecule has 7 heteroatoms. The largest absolute Gasteiger partial charge is 0.461 e. The number of furan rings is 1. The molecule has 1 saturated carbocycles. The van der Waals surface area contributed by atoms with Crippen molar-refractivity contribution in [2.24, 2.45) is 5.92 Å². The molecule has 144 valence electrons. The van der Waals surface area contributed by atoms with E-state index in [2.05, 4.69) is 15.3 Å². The second kappa shape index (κ2) is 7.01. The molecule has 3 aromatic heterocycles. The molecule has 5 rings (SSSR count). The SMILES string of the molecule is O=C(Nc1cc(-c2nc(-c3ccco3)[nH]c2-c2ccc(F)cc2)ccn1)C1CC1. The third kappa shape index (κ3) is 3.54. The Kier molecular flexibility index (Phi) is 4.20. The number of amides is 1. The molecule has 1 fully saturated rings. The first-order valence-corrected chi connectivity index (χ1v) is 9.34. The van der Waals surface area contributed by atoms with Crippen LogP contribution in [0.1, 0.15) is 12.8 Å². The molecule has 0 unspecified atom stereocenters. The highest BCUT2D eigenvalue weighted by Crippen LogP contribution is 2.34. The maximum atomic E-state index is 13.4. The Morgan fingerprint density at radius 3 is 2.69 bits per heavy atom. The number of aromatic amines is 1. The number of rotatable bonds is 5. The van der Waals surface area contributed by atoms with Crippen LogP contribution in [-0.2, 0) is 4.79 Å². The number of carbonyl (C=O) groups is 1. The quantitative estimate of drug-likeness (QED) is 0.510. The molecule has 0 bridgehead atoms. The van der Waals surface area contributed by atoms with Gasteiger partial charge in [0, 0.05) is 23.2 Å². The number of H-pyrrole nitrogens is 1. The van der Waals surface area contributed by atoms with E-state index in [1.165, 1.54) is 12.1 Å². The van der Waals surface area contributed by atoms with E-state index >= 15 is 0 Å². The molecule has 29 heavy (non-hydrogen) atoms. The highest BCUT2D eigenvalue weighted by atomic mass is 19.1. The summed E-state index contributed by atoms with van der Waals surface area (Å²) in [6, 6.07) is 13.4. The van der Waals surface area contributed by atoms with Crippen LogP contribution >= 0.6 is 0 Å². The minimum Gasteiger partial charge on any atom is -0.461 e. The molecular weight excluding hydrogens is 371 g/mol. The monoisotopic (exact) mass is 388 g/mol. The summed E-state index contributed by atoms with van der Waals surface area (Å²) < 4.78 is 18.9. The van der Waals surface area contributed by atoms with Crippen molar-refractivity contribution in [1.82, 2.24) is 15.0 Å². The lowest BCUT2D eigenvalue weighted by molar-refractivity contribution is -0.117. The second-order valence-corrected chi connectivity index (χ2v) is 6.99. The van der Waals surface area contributed by atoms with E-state index in [-0.39, 0.29) is 17.6 Å². The fourth-order valence-electron chi connectivity index (χ4n) is 3.16. The van der Waals surface area contributed by atoms with E-state index in [9.17, 15) is 9.18 Å². The number of carbonyl (C=O) groups excluding carboxylic acids is 1. The zero-order chi connectivity index (χ0) is 19.8. The zero-order valence-corrected chi connectivity index (χ0v) is 15.4. The molecule has 4 aromatic rings. The van der Waals surface area contributed by atoms with Gasteiger partial charge < -0.3 is 14.7 Å². The third-order valence-corrected chi connectivity index (χ3v) is 4.82. The Balaban J connectivity index is 1.58. The van der Waals surface area contributed by atoms with Gasteiger partial charge in [-0.15, -0.1) is 0 Å². The highest BCUT2D eigenvalue weighted by molar-refractivity contribution is 5.94. The molecule has 1 aliphatic rings. The average Bonchev–Trinajstić information content (AvgIpc) is 3.26. The molecule has 3 heterocycles. The standard InChI is InChI=1S/C22H17FN4O2/c23-16-7-5-13(6-8-16)19-20(27-21(26-19)17-2-1-11-29-17)15-9-10-24-18(12-15)25-22(28)14-3-4-14/h1-2,5-12,14H,3-4H2,(H,26,27)(H,24,25,28). The lowest BCUT2D eigenvalue weighted by Crippen LogP contribution is -2.14.